The Morgan fingerprint density at radius 1 is 1.40 bits per heavy atom. The minimum atomic E-state index is -0.656. The smallest absolute Gasteiger partial charge is 0.353 e. The van der Waals surface area contributed by atoms with Crippen LogP contribution < -0.4 is 11.1 Å². The van der Waals surface area contributed by atoms with Crippen molar-refractivity contribution in [2.45, 2.75) is 26.3 Å². The van der Waals surface area contributed by atoms with Gasteiger partial charge in [-0.05, 0) is 24.5 Å². The highest BCUT2D eigenvalue weighted by Gasteiger charge is 2.33. The van der Waals surface area contributed by atoms with E-state index in [1.807, 2.05) is 13.8 Å². The number of rotatable bonds is 4. The molecule has 2 aromatic rings. The number of carbonyl (C=O) groups is 2. The summed E-state index contributed by atoms with van der Waals surface area (Å²) in [5.41, 5.74) is 1.00. The maximum absolute atomic E-state index is 13.0. The van der Waals surface area contributed by atoms with E-state index in [2.05, 4.69) is 20.0 Å². The largest absolute Gasteiger partial charge is 0.439 e. The molecule has 1 aromatic carbocycles. The van der Waals surface area contributed by atoms with Crippen molar-refractivity contribution < 1.29 is 14.1 Å². The second-order valence-corrected chi connectivity index (χ2v) is 6.46. The number of hydrogen-bond acceptors (Lipinski definition) is 5. The Balaban J connectivity index is 1.88. The third-order valence-electron chi connectivity index (χ3n) is 4.11. The van der Waals surface area contributed by atoms with Crippen molar-refractivity contribution in [2.75, 3.05) is 13.1 Å². The molecule has 132 valence electrons. The highest BCUT2D eigenvalue weighted by molar-refractivity contribution is 5.99. The Hall–Kier alpha value is -2.90. The molecule has 25 heavy (non-hydrogen) atoms. The molecule has 0 bridgehead atoms. The molecular formula is C17H20N4O4. The molecule has 1 aliphatic rings. The average Bonchev–Trinajstić information content (AvgIpc) is 3.02. The Labute approximate surface area is 144 Å². The predicted molar refractivity (Wildman–Crippen MR) is 89.8 cm³/mol. The lowest BCUT2D eigenvalue weighted by Crippen LogP contribution is -2.57. The average molecular weight is 344 g/mol. The number of nitrogens with one attached hydrogen (secondary N) is 2. The van der Waals surface area contributed by atoms with Crippen molar-refractivity contribution in [3.05, 3.63) is 40.4 Å². The highest BCUT2D eigenvalue weighted by Crippen LogP contribution is 2.20. The van der Waals surface area contributed by atoms with Crippen LogP contribution in [0.25, 0.3) is 11.4 Å². The lowest BCUT2D eigenvalue weighted by molar-refractivity contribution is -0.128. The Bertz CT molecular complexity index is 839. The van der Waals surface area contributed by atoms with Crippen LogP contribution in [0.5, 0.6) is 0 Å². The van der Waals surface area contributed by atoms with Crippen molar-refractivity contribution in [2.24, 2.45) is 5.92 Å². The minimum Gasteiger partial charge on any atom is -0.353 e. The van der Waals surface area contributed by atoms with Gasteiger partial charge in [0.25, 0.3) is 5.91 Å². The molecule has 1 unspecified atom stereocenters. The summed E-state index contributed by atoms with van der Waals surface area (Å²) in [6, 6.07) is 6.27. The number of aromatic amines is 1. The van der Waals surface area contributed by atoms with Crippen molar-refractivity contribution in [3.63, 3.8) is 0 Å². The molecular weight excluding hydrogens is 324 g/mol. The molecule has 8 nitrogen and oxygen atoms in total. The van der Waals surface area contributed by atoms with Gasteiger partial charge in [-0.3, -0.25) is 19.1 Å². The number of benzene rings is 1. The number of carbonyl (C=O) groups excluding carboxylic acids is 2. The van der Waals surface area contributed by atoms with Gasteiger partial charge >= 0.3 is 5.76 Å². The molecule has 1 aliphatic heterocycles. The first-order valence-corrected chi connectivity index (χ1v) is 8.21. The fourth-order valence-electron chi connectivity index (χ4n) is 2.96. The molecule has 2 heterocycles. The van der Waals surface area contributed by atoms with Gasteiger partial charge in [0.2, 0.25) is 5.91 Å². The first-order valence-electron chi connectivity index (χ1n) is 8.21. The van der Waals surface area contributed by atoms with Gasteiger partial charge in [0.1, 0.15) is 6.04 Å². The summed E-state index contributed by atoms with van der Waals surface area (Å²) >= 11 is 0. The molecule has 0 spiro atoms. The van der Waals surface area contributed by atoms with E-state index in [-0.39, 0.29) is 23.6 Å². The first kappa shape index (κ1) is 16.9. The summed E-state index contributed by atoms with van der Waals surface area (Å²) < 4.78 is 4.50. The topological polar surface area (TPSA) is 108 Å². The third kappa shape index (κ3) is 3.62. The summed E-state index contributed by atoms with van der Waals surface area (Å²) in [5.74, 6) is -0.444. The number of nitrogens with zero attached hydrogens (tertiary/aromatic N) is 2. The van der Waals surface area contributed by atoms with Crippen molar-refractivity contribution in [1.29, 1.82) is 0 Å². The maximum Gasteiger partial charge on any atom is 0.439 e. The van der Waals surface area contributed by atoms with Crippen LogP contribution in [-0.2, 0) is 4.79 Å². The van der Waals surface area contributed by atoms with Crippen LogP contribution in [0, 0.1) is 5.92 Å². The normalized spacial score (nSPS) is 17.6. The van der Waals surface area contributed by atoms with E-state index in [0.29, 0.717) is 30.6 Å². The van der Waals surface area contributed by atoms with E-state index in [9.17, 15) is 14.4 Å². The van der Waals surface area contributed by atoms with Gasteiger partial charge in [-0.2, -0.15) is 0 Å². The zero-order valence-electron chi connectivity index (χ0n) is 14.1. The Morgan fingerprint density at radius 3 is 2.88 bits per heavy atom. The van der Waals surface area contributed by atoms with E-state index in [1.165, 1.54) is 0 Å². The van der Waals surface area contributed by atoms with Crippen LogP contribution >= 0.6 is 0 Å². The van der Waals surface area contributed by atoms with E-state index in [0.717, 1.165) is 0 Å². The van der Waals surface area contributed by atoms with Gasteiger partial charge in [-0.15, -0.1) is 0 Å². The number of H-pyrrole nitrogens is 1. The molecule has 1 fully saturated rings. The summed E-state index contributed by atoms with van der Waals surface area (Å²) in [7, 11) is 0. The van der Waals surface area contributed by atoms with Crippen molar-refractivity contribution in [3.8, 4) is 11.4 Å². The highest BCUT2D eigenvalue weighted by atomic mass is 16.5. The first-order chi connectivity index (χ1) is 12.0. The molecule has 2 N–H and O–H groups in total. The molecule has 0 saturated carbocycles. The van der Waals surface area contributed by atoms with Crippen LogP contribution in [0.15, 0.2) is 33.6 Å². The van der Waals surface area contributed by atoms with Crippen LogP contribution in [0.4, 0.5) is 0 Å². The zero-order chi connectivity index (χ0) is 18.0. The summed E-state index contributed by atoms with van der Waals surface area (Å²) in [5, 5.41) is 6.45. The van der Waals surface area contributed by atoms with Crippen LogP contribution in [0.3, 0.4) is 0 Å². The molecule has 0 aliphatic carbocycles. The van der Waals surface area contributed by atoms with Crippen LogP contribution in [0.2, 0.25) is 0 Å². The number of hydrogen-bond donors (Lipinski definition) is 2. The standard InChI is InChI=1S/C17H20N4O4/c1-10(2)8-13-15(22)18-6-7-21(13)16(23)12-5-3-4-11(9-12)14-19-17(24)25-20-14/h3-5,9-10,13H,6-8H2,1-2H3,(H,18,22)(H,19,20,24). The SMILES string of the molecule is CC(C)CC1C(=O)NCCN1C(=O)c1cccc(-c2noc(=O)[nH]2)c1. The van der Waals surface area contributed by atoms with Gasteiger partial charge in [0.15, 0.2) is 5.82 Å². The minimum absolute atomic E-state index is 0.120. The van der Waals surface area contributed by atoms with Gasteiger partial charge < -0.3 is 10.2 Å². The Kier molecular flexibility index (Phi) is 4.69. The van der Waals surface area contributed by atoms with E-state index < -0.39 is 11.8 Å². The lowest BCUT2D eigenvalue weighted by atomic mass is 9.99. The van der Waals surface area contributed by atoms with Gasteiger partial charge in [0, 0.05) is 24.2 Å². The summed E-state index contributed by atoms with van der Waals surface area (Å²) in [6.45, 7) is 4.95. The maximum atomic E-state index is 13.0. The molecule has 1 saturated heterocycles. The fraction of sp³-hybridized carbons (Fsp3) is 0.412. The van der Waals surface area contributed by atoms with Crippen LogP contribution in [0.1, 0.15) is 30.6 Å². The Morgan fingerprint density at radius 2 is 2.20 bits per heavy atom. The van der Waals surface area contributed by atoms with E-state index >= 15 is 0 Å². The van der Waals surface area contributed by atoms with E-state index in [4.69, 9.17) is 0 Å². The van der Waals surface area contributed by atoms with E-state index in [1.54, 1.807) is 29.2 Å². The summed E-state index contributed by atoms with van der Waals surface area (Å²) in [6.07, 6.45) is 0.605. The second kappa shape index (κ2) is 6.92. The molecule has 0 radical (unpaired) electrons. The number of piperazine rings is 1. The second-order valence-electron chi connectivity index (χ2n) is 6.46. The van der Waals surface area contributed by atoms with Crippen molar-refractivity contribution in [1.82, 2.24) is 20.4 Å². The van der Waals surface area contributed by atoms with Crippen molar-refractivity contribution >= 4 is 11.8 Å². The monoisotopic (exact) mass is 344 g/mol. The predicted octanol–water partition coefficient (Wildman–Crippen LogP) is 1.02. The molecule has 1 atom stereocenters. The lowest BCUT2D eigenvalue weighted by Gasteiger charge is -2.36. The molecule has 3 rings (SSSR count). The van der Waals surface area contributed by atoms with Gasteiger partial charge in [-0.25, -0.2) is 4.79 Å². The molecule has 2 amide bonds. The van der Waals surface area contributed by atoms with Gasteiger partial charge in [-0.1, -0.05) is 31.1 Å². The number of aromatic nitrogens is 2. The zero-order valence-corrected chi connectivity index (χ0v) is 14.1. The molecule has 8 heteroatoms. The summed E-state index contributed by atoms with van der Waals surface area (Å²) in [4.78, 5) is 40.3. The molecule has 1 aromatic heterocycles. The number of amides is 2. The van der Waals surface area contributed by atoms with Crippen LogP contribution in [-0.4, -0.2) is 46.0 Å². The quantitative estimate of drug-likeness (QED) is 0.861. The third-order valence-corrected chi connectivity index (χ3v) is 4.11. The van der Waals surface area contributed by atoms with Gasteiger partial charge in [0.05, 0.1) is 0 Å². The fourth-order valence-corrected chi connectivity index (χ4v) is 2.96.